The average molecular weight is 287 g/mol. The molecule has 0 aliphatic rings. The predicted octanol–water partition coefficient (Wildman–Crippen LogP) is 3.25. The van der Waals surface area contributed by atoms with E-state index in [4.69, 9.17) is 4.74 Å². The van der Waals surface area contributed by atoms with Crippen LogP contribution in [0.3, 0.4) is 0 Å². The van der Waals surface area contributed by atoms with Crippen molar-refractivity contribution in [1.29, 1.82) is 0 Å². The number of hydrogen-bond acceptors (Lipinski definition) is 3. The van der Waals surface area contributed by atoms with Gasteiger partial charge in [-0.25, -0.2) is 0 Å². The van der Waals surface area contributed by atoms with E-state index in [1.165, 1.54) is 0 Å². The molecule has 0 aliphatic heterocycles. The van der Waals surface area contributed by atoms with Gasteiger partial charge in [-0.15, -0.1) is 0 Å². The Hall–Kier alpha value is -2.30. The molecule has 1 heterocycles. The van der Waals surface area contributed by atoms with E-state index in [1.54, 1.807) is 10.7 Å². The highest BCUT2D eigenvalue weighted by atomic mass is 16.5. The molecule has 0 unspecified atom stereocenters. The second-order valence-electron chi connectivity index (χ2n) is 5.13. The summed E-state index contributed by atoms with van der Waals surface area (Å²) in [6.45, 7) is 8.63. The van der Waals surface area contributed by atoms with Crippen molar-refractivity contribution in [2.45, 2.75) is 40.3 Å². The Morgan fingerprint density at radius 2 is 2.00 bits per heavy atom. The lowest BCUT2D eigenvalue weighted by Gasteiger charge is -2.10. The van der Waals surface area contributed by atoms with Crippen molar-refractivity contribution in [2.75, 3.05) is 5.32 Å². The summed E-state index contributed by atoms with van der Waals surface area (Å²) in [5.41, 5.74) is 2.12. The van der Waals surface area contributed by atoms with Crippen LogP contribution in [0, 0.1) is 6.92 Å². The van der Waals surface area contributed by atoms with Gasteiger partial charge in [-0.05, 0) is 58.0 Å². The molecule has 0 bridgehead atoms. The minimum absolute atomic E-state index is 0.131. The van der Waals surface area contributed by atoms with Gasteiger partial charge in [0, 0.05) is 17.9 Å². The summed E-state index contributed by atoms with van der Waals surface area (Å²) in [6, 6.07) is 9.10. The van der Waals surface area contributed by atoms with Crippen LogP contribution in [0.25, 0.3) is 0 Å². The highest BCUT2D eigenvalue weighted by Gasteiger charge is 2.12. The van der Waals surface area contributed by atoms with Crippen LogP contribution in [0.1, 0.15) is 37.0 Å². The SMILES string of the molecule is CCn1nc(C(=O)Nc2ccc(OC(C)C)cc2)cc1C. The van der Waals surface area contributed by atoms with Gasteiger partial charge in [0.2, 0.25) is 0 Å². The average Bonchev–Trinajstić information content (AvgIpc) is 2.82. The molecular weight excluding hydrogens is 266 g/mol. The quantitative estimate of drug-likeness (QED) is 0.918. The van der Waals surface area contributed by atoms with Gasteiger partial charge in [0.15, 0.2) is 5.69 Å². The van der Waals surface area contributed by atoms with Gasteiger partial charge < -0.3 is 10.1 Å². The molecule has 0 atom stereocenters. The Labute approximate surface area is 124 Å². The first-order chi connectivity index (χ1) is 9.99. The molecule has 0 fully saturated rings. The fraction of sp³-hybridized carbons (Fsp3) is 0.375. The third kappa shape index (κ3) is 3.84. The topological polar surface area (TPSA) is 56.2 Å². The van der Waals surface area contributed by atoms with Crippen LogP contribution >= 0.6 is 0 Å². The van der Waals surface area contributed by atoms with Crippen molar-refractivity contribution in [3.05, 3.63) is 41.7 Å². The number of carbonyl (C=O) groups is 1. The van der Waals surface area contributed by atoms with Crippen molar-refractivity contribution in [2.24, 2.45) is 0 Å². The fourth-order valence-electron chi connectivity index (χ4n) is 2.03. The van der Waals surface area contributed by atoms with Crippen molar-refractivity contribution in [3.63, 3.8) is 0 Å². The predicted molar refractivity (Wildman–Crippen MR) is 82.8 cm³/mol. The van der Waals surface area contributed by atoms with E-state index in [9.17, 15) is 4.79 Å². The molecule has 0 saturated heterocycles. The number of benzene rings is 1. The lowest BCUT2D eigenvalue weighted by molar-refractivity contribution is 0.102. The molecular formula is C16H21N3O2. The Kier molecular flexibility index (Phi) is 4.62. The standard InChI is InChI=1S/C16H21N3O2/c1-5-19-12(4)10-15(18-19)16(20)17-13-6-8-14(9-7-13)21-11(2)3/h6-11H,5H2,1-4H3,(H,17,20). The van der Waals surface area contributed by atoms with Crippen LogP contribution < -0.4 is 10.1 Å². The summed E-state index contributed by atoms with van der Waals surface area (Å²) in [6.07, 6.45) is 0.131. The van der Waals surface area contributed by atoms with E-state index in [0.717, 1.165) is 23.7 Å². The first-order valence-electron chi connectivity index (χ1n) is 7.12. The molecule has 1 N–H and O–H groups in total. The van der Waals surface area contributed by atoms with Crippen molar-refractivity contribution in [1.82, 2.24) is 9.78 Å². The summed E-state index contributed by atoms with van der Waals surface area (Å²) in [5.74, 6) is 0.580. The number of hydrogen-bond donors (Lipinski definition) is 1. The molecule has 112 valence electrons. The number of anilines is 1. The van der Waals surface area contributed by atoms with E-state index in [2.05, 4.69) is 10.4 Å². The van der Waals surface area contributed by atoms with E-state index in [0.29, 0.717) is 5.69 Å². The van der Waals surface area contributed by atoms with Gasteiger partial charge in [0.1, 0.15) is 5.75 Å². The lowest BCUT2D eigenvalue weighted by atomic mass is 10.3. The molecule has 0 saturated carbocycles. The maximum absolute atomic E-state index is 12.1. The normalized spacial score (nSPS) is 10.7. The Balaban J connectivity index is 2.05. The molecule has 2 rings (SSSR count). The summed E-state index contributed by atoms with van der Waals surface area (Å²) in [5, 5.41) is 7.09. The molecule has 1 aromatic heterocycles. The molecule has 21 heavy (non-hydrogen) atoms. The third-order valence-electron chi connectivity index (χ3n) is 3.00. The molecule has 0 aliphatic carbocycles. The zero-order chi connectivity index (χ0) is 15.4. The van der Waals surface area contributed by atoms with Gasteiger partial charge >= 0.3 is 0 Å². The second-order valence-corrected chi connectivity index (χ2v) is 5.13. The van der Waals surface area contributed by atoms with Crippen LogP contribution in [-0.4, -0.2) is 21.8 Å². The molecule has 1 aromatic carbocycles. The van der Waals surface area contributed by atoms with Crippen molar-refractivity contribution >= 4 is 11.6 Å². The van der Waals surface area contributed by atoms with Crippen molar-refractivity contribution < 1.29 is 9.53 Å². The van der Waals surface area contributed by atoms with E-state index in [-0.39, 0.29) is 12.0 Å². The number of nitrogens with one attached hydrogen (secondary N) is 1. The van der Waals surface area contributed by atoms with E-state index in [1.807, 2.05) is 52.0 Å². The number of aryl methyl sites for hydroxylation is 2. The zero-order valence-electron chi connectivity index (χ0n) is 12.9. The number of rotatable bonds is 5. The molecule has 5 nitrogen and oxygen atoms in total. The highest BCUT2D eigenvalue weighted by molar-refractivity contribution is 6.02. The molecule has 0 spiro atoms. The highest BCUT2D eigenvalue weighted by Crippen LogP contribution is 2.17. The Bertz CT molecular complexity index is 615. The zero-order valence-corrected chi connectivity index (χ0v) is 12.9. The van der Waals surface area contributed by atoms with Crippen LogP contribution in [0.4, 0.5) is 5.69 Å². The Morgan fingerprint density at radius 1 is 1.33 bits per heavy atom. The first-order valence-corrected chi connectivity index (χ1v) is 7.12. The van der Waals surface area contributed by atoms with Gasteiger partial charge in [-0.2, -0.15) is 5.10 Å². The van der Waals surface area contributed by atoms with Gasteiger partial charge in [-0.3, -0.25) is 9.48 Å². The number of carbonyl (C=O) groups excluding carboxylic acids is 1. The second kappa shape index (κ2) is 6.43. The maximum atomic E-state index is 12.1. The monoisotopic (exact) mass is 287 g/mol. The van der Waals surface area contributed by atoms with E-state index < -0.39 is 0 Å². The van der Waals surface area contributed by atoms with Crippen molar-refractivity contribution in [3.8, 4) is 5.75 Å². The molecule has 5 heteroatoms. The third-order valence-corrected chi connectivity index (χ3v) is 3.00. The van der Waals surface area contributed by atoms with Gasteiger partial charge in [0.25, 0.3) is 5.91 Å². The minimum Gasteiger partial charge on any atom is -0.491 e. The first kappa shape index (κ1) is 15.1. The molecule has 1 amide bonds. The van der Waals surface area contributed by atoms with Crippen LogP contribution in [0.15, 0.2) is 30.3 Å². The Morgan fingerprint density at radius 3 is 2.52 bits per heavy atom. The lowest BCUT2D eigenvalue weighted by Crippen LogP contribution is -2.13. The largest absolute Gasteiger partial charge is 0.491 e. The number of ether oxygens (including phenoxy) is 1. The summed E-state index contributed by atoms with van der Waals surface area (Å²) < 4.78 is 7.36. The van der Waals surface area contributed by atoms with Crippen LogP contribution in [-0.2, 0) is 6.54 Å². The molecule has 0 radical (unpaired) electrons. The fourth-order valence-corrected chi connectivity index (χ4v) is 2.03. The minimum atomic E-state index is -0.206. The van der Waals surface area contributed by atoms with E-state index >= 15 is 0 Å². The summed E-state index contributed by atoms with van der Waals surface area (Å²) in [4.78, 5) is 12.1. The van der Waals surface area contributed by atoms with Gasteiger partial charge in [-0.1, -0.05) is 0 Å². The van der Waals surface area contributed by atoms with Crippen LogP contribution in [0.2, 0.25) is 0 Å². The van der Waals surface area contributed by atoms with Gasteiger partial charge in [0.05, 0.1) is 6.10 Å². The summed E-state index contributed by atoms with van der Waals surface area (Å²) in [7, 11) is 0. The molecule has 2 aromatic rings. The number of nitrogens with zero attached hydrogens (tertiary/aromatic N) is 2. The summed E-state index contributed by atoms with van der Waals surface area (Å²) >= 11 is 0. The van der Waals surface area contributed by atoms with Crippen LogP contribution in [0.5, 0.6) is 5.75 Å². The number of aromatic nitrogens is 2. The maximum Gasteiger partial charge on any atom is 0.276 e. The number of amides is 1. The smallest absolute Gasteiger partial charge is 0.276 e.